The van der Waals surface area contributed by atoms with Crippen LogP contribution in [0.1, 0.15) is 23.1 Å². The Morgan fingerprint density at radius 3 is 2.55 bits per heavy atom. The van der Waals surface area contributed by atoms with Gasteiger partial charge in [-0.05, 0) is 43.0 Å². The second kappa shape index (κ2) is 6.19. The van der Waals surface area contributed by atoms with Gasteiger partial charge in [-0.2, -0.15) is 0 Å². The van der Waals surface area contributed by atoms with Gasteiger partial charge in [0.1, 0.15) is 5.75 Å². The third kappa shape index (κ3) is 3.57. The SMILES string of the molecule is Cc1cc(CCC(=O)Oc2ccccn2)cc(C)c1O. The Morgan fingerprint density at radius 1 is 1.25 bits per heavy atom. The highest BCUT2D eigenvalue weighted by Crippen LogP contribution is 2.23. The molecule has 0 spiro atoms. The fourth-order valence-electron chi connectivity index (χ4n) is 2.01. The van der Waals surface area contributed by atoms with Crippen LogP contribution in [-0.2, 0) is 11.2 Å². The molecule has 0 aliphatic heterocycles. The van der Waals surface area contributed by atoms with E-state index in [2.05, 4.69) is 4.98 Å². The molecule has 4 heteroatoms. The molecule has 0 radical (unpaired) electrons. The van der Waals surface area contributed by atoms with Crippen LogP contribution in [0.2, 0.25) is 0 Å². The summed E-state index contributed by atoms with van der Waals surface area (Å²) in [4.78, 5) is 15.6. The Balaban J connectivity index is 1.94. The average Bonchev–Trinajstić information content (AvgIpc) is 2.43. The van der Waals surface area contributed by atoms with E-state index in [-0.39, 0.29) is 12.4 Å². The predicted molar refractivity (Wildman–Crippen MR) is 75.8 cm³/mol. The molecule has 0 unspecified atom stereocenters. The monoisotopic (exact) mass is 271 g/mol. The van der Waals surface area contributed by atoms with Crippen molar-refractivity contribution in [2.24, 2.45) is 0 Å². The first-order chi connectivity index (χ1) is 9.56. The number of carbonyl (C=O) groups is 1. The van der Waals surface area contributed by atoms with Crippen molar-refractivity contribution in [3.05, 3.63) is 53.2 Å². The molecule has 1 N–H and O–H groups in total. The van der Waals surface area contributed by atoms with Gasteiger partial charge in [0, 0.05) is 12.3 Å². The molecule has 4 nitrogen and oxygen atoms in total. The first-order valence-corrected chi connectivity index (χ1v) is 6.47. The van der Waals surface area contributed by atoms with Gasteiger partial charge >= 0.3 is 5.97 Å². The van der Waals surface area contributed by atoms with Crippen molar-refractivity contribution < 1.29 is 14.6 Å². The molecule has 2 aromatic rings. The number of aryl methyl sites for hydroxylation is 3. The third-order valence-corrected chi connectivity index (χ3v) is 3.02. The van der Waals surface area contributed by atoms with Gasteiger partial charge in [-0.1, -0.05) is 18.2 Å². The number of carbonyl (C=O) groups excluding carboxylic acids is 1. The highest BCUT2D eigenvalue weighted by molar-refractivity contribution is 5.72. The molecule has 0 fully saturated rings. The molecular weight excluding hydrogens is 254 g/mol. The molecule has 0 saturated heterocycles. The minimum atomic E-state index is -0.313. The molecule has 104 valence electrons. The number of benzene rings is 1. The summed E-state index contributed by atoms with van der Waals surface area (Å²) in [6, 6.07) is 8.95. The van der Waals surface area contributed by atoms with E-state index >= 15 is 0 Å². The summed E-state index contributed by atoms with van der Waals surface area (Å²) in [5.74, 6) is 0.312. The Kier molecular flexibility index (Phi) is 4.35. The number of nitrogens with zero attached hydrogens (tertiary/aromatic N) is 1. The average molecular weight is 271 g/mol. The fourth-order valence-corrected chi connectivity index (χ4v) is 2.01. The molecule has 0 saturated carbocycles. The minimum Gasteiger partial charge on any atom is -0.507 e. The van der Waals surface area contributed by atoms with Crippen LogP contribution in [-0.4, -0.2) is 16.1 Å². The quantitative estimate of drug-likeness (QED) is 0.868. The number of esters is 1. The summed E-state index contributed by atoms with van der Waals surface area (Å²) in [6.45, 7) is 3.69. The molecule has 1 aromatic carbocycles. The second-order valence-electron chi connectivity index (χ2n) is 4.72. The van der Waals surface area contributed by atoms with E-state index in [0.29, 0.717) is 18.1 Å². The number of phenols is 1. The number of aromatic hydroxyl groups is 1. The zero-order valence-corrected chi connectivity index (χ0v) is 11.6. The molecule has 0 aliphatic carbocycles. The smallest absolute Gasteiger partial charge is 0.312 e. The highest BCUT2D eigenvalue weighted by atomic mass is 16.5. The molecule has 1 heterocycles. The third-order valence-electron chi connectivity index (χ3n) is 3.02. The van der Waals surface area contributed by atoms with E-state index in [4.69, 9.17) is 4.74 Å². The summed E-state index contributed by atoms with van der Waals surface area (Å²) in [5, 5.41) is 9.70. The summed E-state index contributed by atoms with van der Waals surface area (Å²) >= 11 is 0. The van der Waals surface area contributed by atoms with E-state index < -0.39 is 0 Å². The molecule has 20 heavy (non-hydrogen) atoms. The minimum absolute atomic E-state index is 0.278. The lowest BCUT2D eigenvalue weighted by Gasteiger charge is -2.08. The van der Waals surface area contributed by atoms with Gasteiger partial charge in [0.25, 0.3) is 0 Å². The first-order valence-electron chi connectivity index (χ1n) is 6.47. The van der Waals surface area contributed by atoms with Gasteiger partial charge < -0.3 is 9.84 Å². The van der Waals surface area contributed by atoms with E-state index in [9.17, 15) is 9.90 Å². The van der Waals surface area contributed by atoms with Crippen LogP contribution in [0.15, 0.2) is 36.5 Å². The van der Waals surface area contributed by atoms with Gasteiger partial charge in [-0.25, -0.2) is 4.98 Å². The van der Waals surface area contributed by atoms with Crippen LogP contribution in [0.3, 0.4) is 0 Å². The number of phenolic OH excluding ortho intramolecular Hbond substituents is 1. The van der Waals surface area contributed by atoms with Crippen LogP contribution in [0.4, 0.5) is 0 Å². The van der Waals surface area contributed by atoms with E-state index in [1.807, 2.05) is 26.0 Å². The number of hydrogen-bond donors (Lipinski definition) is 1. The molecule has 0 aliphatic rings. The second-order valence-corrected chi connectivity index (χ2v) is 4.72. The lowest BCUT2D eigenvalue weighted by molar-refractivity contribution is -0.134. The van der Waals surface area contributed by atoms with Crippen LogP contribution >= 0.6 is 0 Å². The molecule has 1 aromatic heterocycles. The summed E-state index contributed by atoms with van der Waals surface area (Å²) in [6.07, 6.45) is 2.43. The standard InChI is InChI=1S/C16H17NO3/c1-11-9-13(10-12(2)16(11)19)6-7-15(18)20-14-5-3-4-8-17-14/h3-5,8-10,19H,6-7H2,1-2H3. The Hall–Kier alpha value is -2.36. The number of pyridine rings is 1. The maximum absolute atomic E-state index is 11.7. The van der Waals surface area contributed by atoms with E-state index in [1.165, 1.54) is 0 Å². The summed E-state index contributed by atoms with van der Waals surface area (Å²) < 4.78 is 5.12. The Morgan fingerprint density at radius 2 is 1.95 bits per heavy atom. The number of hydrogen-bond acceptors (Lipinski definition) is 4. The van der Waals surface area contributed by atoms with E-state index in [1.54, 1.807) is 24.4 Å². The zero-order valence-electron chi connectivity index (χ0n) is 11.6. The highest BCUT2D eigenvalue weighted by Gasteiger charge is 2.08. The van der Waals surface area contributed by atoms with Crippen LogP contribution in [0.5, 0.6) is 11.6 Å². The lowest BCUT2D eigenvalue weighted by Crippen LogP contribution is -2.10. The number of rotatable bonds is 4. The maximum atomic E-state index is 11.7. The molecule has 0 atom stereocenters. The van der Waals surface area contributed by atoms with Crippen molar-refractivity contribution in [2.45, 2.75) is 26.7 Å². The largest absolute Gasteiger partial charge is 0.507 e. The summed E-state index contributed by atoms with van der Waals surface area (Å²) in [7, 11) is 0. The van der Waals surface area contributed by atoms with Crippen molar-refractivity contribution in [1.82, 2.24) is 4.98 Å². The topological polar surface area (TPSA) is 59.4 Å². The Labute approximate surface area is 118 Å². The van der Waals surface area contributed by atoms with Crippen LogP contribution in [0, 0.1) is 13.8 Å². The van der Waals surface area contributed by atoms with Gasteiger partial charge in [0.05, 0.1) is 6.42 Å². The Bertz CT molecular complexity index is 585. The molecule has 0 bridgehead atoms. The van der Waals surface area contributed by atoms with Crippen molar-refractivity contribution in [2.75, 3.05) is 0 Å². The van der Waals surface area contributed by atoms with Crippen molar-refractivity contribution >= 4 is 5.97 Å². The molecule has 0 amide bonds. The summed E-state index contributed by atoms with van der Waals surface area (Å²) in [5.41, 5.74) is 2.65. The van der Waals surface area contributed by atoms with Gasteiger partial charge in [0.2, 0.25) is 5.88 Å². The van der Waals surface area contributed by atoms with Gasteiger partial charge in [0.15, 0.2) is 0 Å². The van der Waals surface area contributed by atoms with Gasteiger partial charge in [-0.3, -0.25) is 4.79 Å². The van der Waals surface area contributed by atoms with Crippen molar-refractivity contribution in [1.29, 1.82) is 0 Å². The molecular formula is C16H17NO3. The number of aromatic nitrogens is 1. The lowest BCUT2D eigenvalue weighted by atomic mass is 10.0. The number of ether oxygens (including phenoxy) is 1. The van der Waals surface area contributed by atoms with Crippen molar-refractivity contribution in [3.63, 3.8) is 0 Å². The molecule has 2 rings (SSSR count). The van der Waals surface area contributed by atoms with E-state index in [0.717, 1.165) is 16.7 Å². The van der Waals surface area contributed by atoms with Gasteiger partial charge in [-0.15, -0.1) is 0 Å². The van der Waals surface area contributed by atoms with Crippen LogP contribution in [0.25, 0.3) is 0 Å². The first kappa shape index (κ1) is 14.1. The van der Waals surface area contributed by atoms with Crippen molar-refractivity contribution in [3.8, 4) is 11.6 Å². The fraction of sp³-hybridized carbons (Fsp3) is 0.250. The normalized spacial score (nSPS) is 10.3. The maximum Gasteiger partial charge on any atom is 0.312 e. The predicted octanol–water partition coefficient (Wildman–Crippen LogP) is 2.94. The zero-order chi connectivity index (χ0) is 14.5. The van der Waals surface area contributed by atoms with Crippen LogP contribution < -0.4 is 4.74 Å².